The number of carbonyl (C=O) groups excluding carboxylic acids is 1. The van der Waals surface area contributed by atoms with Gasteiger partial charge >= 0.3 is 5.69 Å². The number of anilines is 2. The number of hydrogen-bond donors (Lipinski definition) is 3. The Balaban J connectivity index is 1.45. The van der Waals surface area contributed by atoms with Crippen LogP contribution in [-0.4, -0.2) is 64.5 Å². The van der Waals surface area contributed by atoms with Gasteiger partial charge in [-0.15, -0.1) is 0 Å². The molecule has 0 spiro atoms. The lowest BCUT2D eigenvalue weighted by Crippen LogP contribution is -2.26. The zero-order chi connectivity index (χ0) is 30.7. The largest absolute Gasteiger partial charge is 0.508 e. The first-order valence-corrected chi connectivity index (χ1v) is 14.1. The van der Waals surface area contributed by atoms with Gasteiger partial charge in [0.05, 0.1) is 17.1 Å². The molecule has 0 radical (unpaired) electrons. The van der Waals surface area contributed by atoms with Crippen LogP contribution in [0, 0.1) is 5.41 Å². The molecule has 0 atom stereocenters. The highest BCUT2D eigenvalue weighted by Crippen LogP contribution is 2.28. The van der Waals surface area contributed by atoms with Crippen LogP contribution in [0.5, 0.6) is 17.2 Å². The van der Waals surface area contributed by atoms with Crippen molar-refractivity contribution in [2.75, 3.05) is 37.9 Å². The molecule has 43 heavy (non-hydrogen) atoms. The molecule has 1 saturated carbocycles. The predicted octanol–water partition coefficient (Wildman–Crippen LogP) is 5.17. The number of phenols is 1. The maximum Gasteiger partial charge on any atom is 0.339 e. The number of carbonyl (C=O) groups is 1. The average Bonchev–Trinajstić information content (AvgIpc) is 3.81. The van der Waals surface area contributed by atoms with Crippen LogP contribution in [0.15, 0.2) is 89.7 Å². The second-order valence-corrected chi connectivity index (χ2v) is 10.6. The molecule has 0 unspecified atom stereocenters. The van der Waals surface area contributed by atoms with Gasteiger partial charge in [-0.25, -0.2) is 9.36 Å². The van der Waals surface area contributed by atoms with Gasteiger partial charge in [0.1, 0.15) is 28.8 Å². The summed E-state index contributed by atoms with van der Waals surface area (Å²) in [4.78, 5) is 30.7. The number of amides is 1. The maximum absolute atomic E-state index is 14.0. The fraction of sp³-hybridized carbons (Fsp3) is 0.242. The minimum absolute atomic E-state index is 0.147. The summed E-state index contributed by atoms with van der Waals surface area (Å²) in [7, 11) is 5.48. The number of aromatic nitrogens is 2. The molecule has 3 N–H and O–H groups in total. The Bertz CT molecular complexity index is 1720. The molecule has 5 rings (SSSR count). The van der Waals surface area contributed by atoms with E-state index in [0.717, 1.165) is 0 Å². The topological polar surface area (TPSA) is 116 Å². The lowest BCUT2D eigenvalue weighted by Gasteiger charge is -2.17. The predicted molar refractivity (Wildman–Crippen MR) is 170 cm³/mol. The normalized spacial score (nSPS) is 13.0. The van der Waals surface area contributed by atoms with Crippen molar-refractivity contribution >= 4 is 23.1 Å². The Labute approximate surface area is 250 Å². The highest BCUT2D eigenvalue weighted by atomic mass is 16.5. The molecule has 1 aliphatic rings. The van der Waals surface area contributed by atoms with E-state index in [4.69, 9.17) is 10.1 Å². The van der Waals surface area contributed by atoms with Crippen molar-refractivity contribution in [3.05, 3.63) is 101 Å². The van der Waals surface area contributed by atoms with Crippen LogP contribution < -0.4 is 20.6 Å². The summed E-state index contributed by atoms with van der Waals surface area (Å²) >= 11 is 0. The van der Waals surface area contributed by atoms with E-state index in [1.165, 1.54) is 22.0 Å². The van der Waals surface area contributed by atoms with Gasteiger partial charge < -0.3 is 25.5 Å². The van der Waals surface area contributed by atoms with Gasteiger partial charge in [-0.2, -0.15) is 0 Å². The van der Waals surface area contributed by atoms with Crippen molar-refractivity contribution in [1.29, 1.82) is 5.41 Å². The Hall–Kier alpha value is -5.09. The molecule has 1 fully saturated rings. The van der Waals surface area contributed by atoms with Crippen LogP contribution in [0.3, 0.4) is 0 Å². The number of rotatable bonds is 11. The molecule has 10 heteroatoms. The van der Waals surface area contributed by atoms with Gasteiger partial charge in [0.25, 0.3) is 0 Å². The molecule has 4 aromatic rings. The third kappa shape index (κ3) is 6.39. The molecular formula is C33H36N6O4. The fourth-order valence-electron chi connectivity index (χ4n) is 4.94. The van der Waals surface area contributed by atoms with Crippen molar-refractivity contribution in [1.82, 2.24) is 14.0 Å². The Morgan fingerprint density at radius 3 is 2.28 bits per heavy atom. The smallest absolute Gasteiger partial charge is 0.339 e. The van der Waals surface area contributed by atoms with Gasteiger partial charge in [-0.05, 0) is 93.5 Å². The molecule has 222 valence electrons. The number of aromatic hydroxyl groups is 1. The summed E-state index contributed by atoms with van der Waals surface area (Å²) in [5, 5.41) is 21.1. The van der Waals surface area contributed by atoms with Crippen LogP contribution >= 0.6 is 0 Å². The molecule has 0 aliphatic heterocycles. The first kappa shape index (κ1) is 29.4. The van der Waals surface area contributed by atoms with Crippen LogP contribution in [-0.2, 0) is 4.79 Å². The standard InChI is InChI=1S/C33H36N6O4/c1-22(34)31-32(35-2)39(26-8-5-7-25(21-26)37(4)30(41)9-6-20-36(3)23-10-11-23)33(42)38(31)24-12-16-28(17-13-24)43-29-18-14-27(40)15-19-29/h5-9,12-19,21,23,34-35,40H,10-11,20H2,1-4H3/b9-6+,34-22?. The van der Waals surface area contributed by atoms with Crippen molar-refractivity contribution in [2.24, 2.45) is 0 Å². The molecule has 1 aliphatic carbocycles. The zero-order valence-corrected chi connectivity index (χ0v) is 24.7. The average molecular weight is 581 g/mol. The number of likely N-dealkylation sites (N-methyl/N-ethyl adjacent to an activating group) is 2. The quantitative estimate of drug-likeness (QED) is 0.167. The van der Waals surface area contributed by atoms with Gasteiger partial charge in [-0.1, -0.05) is 12.1 Å². The molecule has 1 heterocycles. The minimum Gasteiger partial charge on any atom is -0.508 e. The van der Waals surface area contributed by atoms with E-state index < -0.39 is 0 Å². The summed E-state index contributed by atoms with van der Waals surface area (Å²) in [5.74, 6) is 1.56. The van der Waals surface area contributed by atoms with E-state index in [2.05, 4.69) is 17.3 Å². The first-order valence-electron chi connectivity index (χ1n) is 14.1. The van der Waals surface area contributed by atoms with E-state index in [9.17, 15) is 14.7 Å². The number of ether oxygens (including phenoxy) is 1. The number of phenolic OH excluding ortho intramolecular Hbond substituents is 1. The number of hydrogen-bond acceptors (Lipinski definition) is 7. The lowest BCUT2D eigenvalue weighted by molar-refractivity contribution is -0.113. The molecule has 10 nitrogen and oxygen atoms in total. The van der Waals surface area contributed by atoms with Crippen molar-refractivity contribution in [3.63, 3.8) is 0 Å². The van der Waals surface area contributed by atoms with Crippen LogP contribution in [0.1, 0.15) is 25.5 Å². The monoisotopic (exact) mass is 580 g/mol. The van der Waals surface area contributed by atoms with Crippen LogP contribution in [0.4, 0.5) is 11.5 Å². The Morgan fingerprint density at radius 1 is 1.02 bits per heavy atom. The molecular weight excluding hydrogens is 544 g/mol. The summed E-state index contributed by atoms with van der Waals surface area (Å²) in [5.41, 5.74) is 1.99. The third-order valence-corrected chi connectivity index (χ3v) is 7.44. The zero-order valence-electron chi connectivity index (χ0n) is 24.7. The van der Waals surface area contributed by atoms with Crippen molar-refractivity contribution in [3.8, 4) is 28.6 Å². The van der Waals surface area contributed by atoms with E-state index in [-0.39, 0.29) is 23.1 Å². The summed E-state index contributed by atoms with van der Waals surface area (Å²) < 4.78 is 8.85. The first-order chi connectivity index (χ1) is 20.7. The van der Waals surface area contributed by atoms with Gasteiger partial charge in [0.15, 0.2) is 0 Å². The molecule has 0 saturated heterocycles. The number of benzene rings is 3. The van der Waals surface area contributed by atoms with Crippen molar-refractivity contribution < 1.29 is 14.6 Å². The van der Waals surface area contributed by atoms with E-state index in [0.29, 0.717) is 52.7 Å². The van der Waals surface area contributed by atoms with E-state index in [1.54, 1.807) is 98.7 Å². The molecule has 0 bridgehead atoms. The highest BCUT2D eigenvalue weighted by Gasteiger charge is 2.25. The fourth-order valence-corrected chi connectivity index (χ4v) is 4.94. The van der Waals surface area contributed by atoms with Gasteiger partial charge in [0, 0.05) is 38.4 Å². The van der Waals surface area contributed by atoms with E-state index in [1.807, 2.05) is 12.1 Å². The van der Waals surface area contributed by atoms with Crippen molar-refractivity contribution in [2.45, 2.75) is 25.8 Å². The van der Waals surface area contributed by atoms with Gasteiger partial charge in [-0.3, -0.25) is 14.3 Å². The Kier molecular flexibility index (Phi) is 8.49. The van der Waals surface area contributed by atoms with Gasteiger partial charge in [0.2, 0.25) is 5.91 Å². The summed E-state index contributed by atoms with van der Waals surface area (Å²) in [6, 6.07) is 21.2. The third-order valence-electron chi connectivity index (χ3n) is 7.44. The van der Waals surface area contributed by atoms with Crippen LogP contribution in [0.25, 0.3) is 11.4 Å². The number of nitrogens with zero attached hydrogens (tertiary/aromatic N) is 4. The second kappa shape index (κ2) is 12.4. The molecule has 3 aromatic carbocycles. The SMILES string of the molecule is CNc1c(C(C)=N)n(-c2ccc(Oc3ccc(O)cc3)cc2)c(=O)n1-c1cccc(N(C)C(=O)/C=C/CN(C)C2CC2)c1. The highest BCUT2D eigenvalue weighted by molar-refractivity contribution is 6.01. The maximum atomic E-state index is 14.0. The summed E-state index contributed by atoms with van der Waals surface area (Å²) in [6.45, 7) is 2.35. The van der Waals surface area contributed by atoms with Crippen LogP contribution in [0.2, 0.25) is 0 Å². The van der Waals surface area contributed by atoms with E-state index >= 15 is 0 Å². The summed E-state index contributed by atoms with van der Waals surface area (Å²) in [6.07, 6.45) is 5.88. The Morgan fingerprint density at radius 2 is 1.67 bits per heavy atom. The minimum atomic E-state index is -0.368. The number of imidazole rings is 1. The second-order valence-electron chi connectivity index (χ2n) is 10.6. The number of nitrogens with one attached hydrogen (secondary N) is 2. The molecule has 1 aromatic heterocycles. The lowest BCUT2D eigenvalue weighted by atomic mass is 10.2. The molecule has 1 amide bonds.